The number of alkyl halides is 3. The van der Waals surface area contributed by atoms with Crippen LogP contribution in [0.5, 0.6) is 5.88 Å². The van der Waals surface area contributed by atoms with Gasteiger partial charge < -0.3 is 10.1 Å². The quantitative estimate of drug-likeness (QED) is 0.921. The molecule has 0 spiro atoms. The molecule has 7 nitrogen and oxygen atoms in total. The number of aromatic nitrogens is 4. The molecule has 0 unspecified atom stereocenters. The Kier molecular flexibility index (Phi) is 4.29. The van der Waals surface area contributed by atoms with Crippen LogP contribution in [-0.2, 0) is 11.0 Å². The lowest BCUT2D eigenvalue weighted by Gasteiger charge is -2.28. The predicted octanol–water partition coefficient (Wildman–Crippen LogP) is 1.97. The molecular weight excluding hydrogens is 327 g/mol. The van der Waals surface area contributed by atoms with Crippen molar-refractivity contribution in [2.75, 3.05) is 0 Å². The van der Waals surface area contributed by atoms with Gasteiger partial charge in [-0.1, -0.05) is 0 Å². The summed E-state index contributed by atoms with van der Waals surface area (Å²) in [6.07, 6.45) is -1.88. The minimum atomic E-state index is -4.64. The Morgan fingerprint density at radius 2 is 1.96 bits per heavy atom. The zero-order chi connectivity index (χ0) is 17.3. The Morgan fingerprint density at radius 1 is 1.25 bits per heavy atom. The molecule has 1 aliphatic carbocycles. The number of fused-ring (bicyclic) bond motifs is 1. The third kappa shape index (κ3) is 3.57. The second kappa shape index (κ2) is 6.25. The zero-order valence-corrected chi connectivity index (χ0v) is 12.9. The average Bonchev–Trinajstić information content (AvgIpc) is 2.92. The van der Waals surface area contributed by atoms with Gasteiger partial charge in [-0.2, -0.15) is 17.7 Å². The fourth-order valence-corrected chi connectivity index (χ4v) is 2.79. The Balaban J connectivity index is 1.69. The highest BCUT2D eigenvalue weighted by Gasteiger charge is 2.37. The minimum absolute atomic E-state index is 0.00374. The summed E-state index contributed by atoms with van der Waals surface area (Å²) in [6.45, 7) is 1.47. The van der Waals surface area contributed by atoms with Crippen LogP contribution in [0.4, 0.5) is 13.2 Å². The summed E-state index contributed by atoms with van der Waals surface area (Å²) >= 11 is 0. The molecular formula is C14H16F3N5O2. The van der Waals surface area contributed by atoms with E-state index in [1.165, 1.54) is 19.1 Å². The number of rotatable bonds is 3. The molecule has 1 saturated carbocycles. The van der Waals surface area contributed by atoms with Crippen LogP contribution in [0.15, 0.2) is 12.1 Å². The number of nitrogens with one attached hydrogen (secondary N) is 1. The van der Waals surface area contributed by atoms with Crippen molar-refractivity contribution in [1.82, 2.24) is 25.1 Å². The smallest absolute Gasteiger partial charge is 0.453 e. The van der Waals surface area contributed by atoms with Crippen molar-refractivity contribution < 1.29 is 22.7 Å². The van der Waals surface area contributed by atoms with Crippen LogP contribution >= 0.6 is 0 Å². The fourth-order valence-electron chi connectivity index (χ4n) is 2.79. The summed E-state index contributed by atoms with van der Waals surface area (Å²) < 4.78 is 44.9. The van der Waals surface area contributed by atoms with Crippen molar-refractivity contribution in [1.29, 1.82) is 0 Å². The van der Waals surface area contributed by atoms with Gasteiger partial charge in [-0.05, 0) is 31.7 Å². The van der Waals surface area contributed by atoms with Gasteiger partial charge in [-0.15, -0.1) is 15.3 Å². The Hall–Kier alpha value is -2.39. The molecule has 1 fully saturated rings. The maximum absolute atomic E-state index is 12.9. The Bertz CT molecular complexity index is 738. The summed E-state index contributed by atoms with van der Waals surface area (Å²) in [6, 6.07) is 2.98. The number of nitrogens with zero attached hydrogens (tertiary/aromatic N) is 4. The van der Waals surface area contributed by atoms with Gasteiger partial charge in [0, 0.05) is 19.0 Å². The molecule has 0 bridgehead atoms. The third-order valence-electron chi connectivity index (χ3n) is 3.86. The first-order chi connectivity index (χ1) is 11.3. The molecule has 2 aromatic heterocycles. The molecule has 10 heteroatoms. The first kappa shape index (κ1) is 16.5. The molecule has 0 saturated heterocycles. The van der Waals surface area contributed by atoms with Crippen LogP contribution < -0.4 is 10.1 Å². The van der Waals surface area contributed by atoms with Crippen LogP contribution in [0.3, 0.4) is 0 Å². The summed E-state index contributed by atoms with van der Waals surface area (Å²) in [5, 5.41) is 13.3. The number of hydrogen-bond donors (Lipinski definition) is 1. The van der Waals surface area contributed by atoms with Gasteiger partial charge in [0.05, 0.1) is 0 Å². The van der Waals surface area contributed by atoms with Crippen molar-refractivity contribution in [3.05, 3.63) is 18.0 Å². The summed E-state index contributed by atoms with van der Waals surface area (Å²) in [5.74, 6) is -1.16. The van der Waals surface area contributed by atoms with Crippen LogP contribution in [0.1, 0.15) is 38.4 Å². The normalized spacial score (nSPS) is 21.7. The lowest BCUT2D eigenvalue weighted by Crippen LogP contribution is -2.38. The van der Waals surface area contributed by atoms with Gasteiger partial charge >= 0.3 is 6.18 Å². The van der Waals surface area contributed by atoms with Crippen LogP contribution in [0.2, 0.25) is 0 Å². The molecule has 24 heavy (non-hydrogen) atoms. The number of hydrogen-bond acceptors (Lipinski definition) is 5. The molecule has 1 amide bonds. The fraction of sp³-hybridized carbons (Fsp3) is 0.571. The van der Waals surface area contributed by atoms with Crippen molar-refractivity contribution in [3.8, 4) is 5.88 Å². The molecule has 0 aromatic carbocycles. The van der Waals surface area contributed by atoms with E-state index in [2.05, 4.69) is 20.6 Å². The monoisotopic (exact) mass is 343 g/mol. The molecule has 0 aliphatic heterocycles. The number of carbonyl (C=O) groups excluding carboxylic acids is 1. The second-order valence-corrected chi connectivity index (χ2v) is 5.75. The van der Waals surface area contributed by atoms with Gasteiger partial charge in [0.1, 0.15) is 6.10 Å². The van der Waals surface area contributed by atoms with E-state index in [4.69, 9.17) is 4.74 Å². The first-order valence-electron chi connectivity index (χ1n) is 7.56. The van der Waals surface area contributed by atoms with E-state index in [0.717, 1.165) is 12.8 Å². The number of amides is 1. The van der Waals surface area contributed by atoms with Crippen LogP contribution in [0.25, 0.3) is 5.65 Å². The van der Waals surface area contributed by atoms with Gasteiger partial charge in [-0.3, -0.25) is 4.79 Å². The van der Waals surface area contributed by atoms with E-state index >= 15 is 0 Å². The van der Waals surface area contributed by atoms with Crippen molar-refractivity contribution >= 4 is 11.6 Å². The Labute approximate surface area is 135 Å². The van der Waals surface area contributed by atoms with E-state index in [1.54, 1.807) is 0 Å². The van der Waals surface area contributed by atoms with Gasteiger partial charge in [0.25, 0.3) is 5.82 Å². The van der Waals surface area contributed by atoms with Crippen LogP contribution in [0, 0.1) is 0 Å². The zero-order valence-electron chi connectivity index (χ0n) is 12.9. The molecule has 0 radical (unpaired) electrons. The molecule has 3 rings (SSSR count). The topological polar surface area (TPSA) is 81.4 Å². The van der Waals surface area contributed by atoms with Gasteiger partial charge in [-0.25, -0.2) is 0 Å². The molecule has 2 heterocycles. The molecule has 0 atom stereocenters. The first-order valence-corrected chi connectivity index (χ1v) is 7.56. The van der Waals surface area contributed by atoms with Crippen LogP contribution in [-0.4, -0.2) is 37.9 Å². The number of halogens is 3. The van der Waals surface area contributed by atoms with E-state index in [9.17, 15) is 18.0 Å². The van der Waals surface area contributed by atoms with Crippen molar-refractivity contribution in [2.24, 2.45) is 0 Å². The molecule has 1 aliphatic rings. The summed E-state index contributed by atoms with van der Waals surface area (Å²) in [5.41, 5.74) is 0.00374. The SMILES string of the molecule is CC(=O)NC1CCC(Oc2ccc3nnc(C(F)(F)F)n3n2)CC1. The Morgan fingerprint density at radius 3 is 2.58 bits per heavy atom. The minimum Gasteiger partial charge on any atom is -0.473 e. The number of carbonyl (C=O) groups is 1. The standard InChI is InChI=1S/C14H16F3N5O2/c1-8(23)18-9-2-4-10(5-3-9)24-12-7-6-11-19-20-13(14(15,16)17)22(11)21-12/h6-7,9-10H,2-5H2,1H3,(H,18,23). The second-order valence-electron chi connectivity index (χ2n) is 5.75. The predicted molar refractivity (Wildman–Crippen MR) is 76.3 cm³/mol. The van der Waals surface area contributed by atoms with E-state index in [1.807, 2.05) is 0 Å². The van der Waals surface area contributed by atoms with Crippen molar-refractivity contribution in [2.45, 2.75) is 50.9 Å². The average molecular weight is 343 g/mol. The largest absolute Gasteiger partial charge is 0.473 e. The molecule has 130 valence electrons. The highest BCUT2D eigenvalue weighted by atomic mass is 19.4. The maximum atomic E-state index is 12.9. The number of ether oxygens (including phenoxy) is 1. The van der Waals surface area contributed by atoms with E-state index in [0.29, 0.717) is 17.4 Å². The van der Waals surface area contributed by atoms with E-state index in [-0.39, 0.29) is 29.6 Å². The molecule has 1 N–H and O–H groups in total. The highest BCUT2D eigenvalue weighted by molar-refractivity contribution is 5.73. The van der Waals surface area contributed by atoms with E-state index < -0.39 is 12.0 Å². The molecule has 2 aromatic rings. The lowest BCUT2D eigenvalue weighted by molar-refractivity contribution is -0.146. The summed E-state index contributed by atoms with van der Waals surface area (Å²) in [7, 11) is 0. The highest BCUT2D eigenvalue weighted by Crippen LogP contribution is 2.28. The third-order valence-corrected chi connectivity index (χ3v) is 3.86. The van der Waals surface area contributed by atoms with Crippen molar-refractivity contribution in [3.63, 3.8) is 0 Å². The summed E-state index contributed by atoms with van der Waals surface area (Å²) in [4.78, 5) is 11.0. The van der Waals surface area contributed by atoms with Gasteiger partial charge in [0.2, 0.25) is 11.8 Å². The maximum Gasteiger partial charge on any atom is 0.453 e. The van der Waals surface area contributed by atoms with Gasteiger partial charge in [0.15, 0.2) is 5.65 Å². The lowest BCUT2D eigenvalue weighted by atomic mass is 9.93.